The number of rotatable bonds is 7. The van der Waals surface area contributed by atoms with Crippen molar-refractivity contribution in [3.8, 4) is 11.5 Å². The third kappa shape index (κ3) is 5.75. The van der Waals surface area contributed by atoms with Gasteiger partial charge < -0.3 is 24.4 Å². The average Bonchev–Trinajstić information content (AvgIpc) is 3.18. The Morgan fingerprint density at radius 2 is 2.00 bits per heavy atom. The van der Waals surface area contributed by atoms with Crippen molar-refractivity contribution >= 4 is 5.96 Å². The van der Waals surface area contributed by atoms with E-state index in [-0.39, 0.29) is 6.10 Å². The molecular weight excluding hydrogens is 356 g/mol. The van der Waals surface area contributed by atoms with Gasteiger partial charge in [-0.05, 0) is 31.4 Å². The number of likely N-dealkylation sites (tertiary alicyclic amines) is 1. The van der Waals surface area contributed by atoms with Crippen molar-refractivity contribution in [1.82, 2.24) is 15.1 Å². The van der Waals surface area contributed by atoms with E-state index in [1.165, 1.54) is 6.42 Å². The third-order valence-electron chi connectivity index (χ3n) is 5.36. The topological polar surface area (TPSA) is 58.6 Å². The molecule has 0 radical (unpaired) electrons. The molecule has 3 rings (SSSR count). The Hall–Kier alpha value is -1.99. The Kier molecular flexibility index (Phi) is 7.80. The fourth-order valence-electron chi connectivity index (χ4n) is 3.86. The fourth-order valence-corrected chi connectivity index (χ4v) is 3.86. The summed E-state index contributed by atoms with van der Waals surface area (Å²) in [5.41, 5.74) is 0. The summed E-state index contributed by atoms with van der Waals surface area (Å²) in [7, 11) is 3.51. The zero-order valence-corrected chi connectivity index (χ0v) is 17.4. The lowest BCUT2D eigenvalue weighted by molar-refractivity contribution is 0.0315. The van der Waals surface area contributed by atoms with Gasteiger partial charge in [0.1, 0.15) is 6.10 Å². The van der Waals surface area contributed by atoms with Gasteiger partial charge >= 0.3 is 0 Å². The molecule has 1 aromatic rings. The highest BCUT2D eigenvalue weighted by Crippen LogP contribution is 2.26. The van der Waals surface area contributed by atoms with Gasteiger partial charge in [-0.25, -0.2) is 0 Å². The molecule has 2 saturated heterocycles. The van der Waals surface area contributed by atoms with Crippen LogP contribution in [0.4, 0.5) is 0 Å². The van der Waals surface area contributed by atoms with Crippen molar-refractivity contribution in [3.05, 3.63) is 24.3 Å². The highest BCUT2D eigenvalue weighted by atomic mass is 16.5. The molecule has 156 valence electrons. The second-order valence-corrected chi connectivity index (χ2v) is 7.52. The van der Waals surface area contributed by atoms with E-state index in [1.54, 1.807) is 7.11 Å². The zero-order chi connectivity index (χ0) is 19.8. The number of para-hydroxylation sites is 2. The number of hydrogen-bond acceptors (Lipinski definition) is 5. The summed E-state index contributed by atoms with van der Waals surface area (Å²) in [5, 5.41) is 3.47. The van der Waals surface area contributed by atoms with Crippen molar-refractivity contribution in [1.29, 1.82) is 0 Å². The smallest absolute Gasteiger partial charge is 0.193 e. The maximum absolute atomic E-state index is 6.04. The minimum absolute atomic E-state index is 0.000185. The highest BCUT2D eigenvalue weighted by Gasteiger charge is 2.27. The lowest BCUT2D eigenvalue weighted by Crippen LogP contribution is -2.44. The van der Waals surface area contributed by atoms with Gasteiger partial charge in [0.15, 0.2) is 17.5 Å². The van der Waals surface area contributed by atoms with E-state index in [0.29, 0.717) is 12.5 Å². The molecule has 2 fully saturated rings. The molecule has 0 saturated carbocycles. The van der Waals surface area contributed by atoms with Crippen LogP contribution < -0.4 is 14.8 Å². The number of aliphatic imine (C=N–C) groups is 1. The van der Waals surface area contributed by atoms with Gasteiger partial charge in [0, 0.05) is 39.8 Å². The molecule has 2 aliphatic heterocycles. The molecule has 2 aliphatic rings. The van der Waals surface area contributed by atoms with E-state index in [0.717, 1.165) is 63.4 Å². The maximum atomic E-state index is 6.04. The van der Waals surface area contributed by atoms with Gasteiger partial charge in [0.05, 0.1) is 26.9 Å². The summed E-state index contributed by atoms with van der Waals surface area (Å²) < 4.78 is 16.8. The van der Waals surface area contributed by atoms with Crippen molar-refractivity contribution < 1.29 is 14.2 Å². The first kappa shape index (κ1) is 20.7. The second-order valence-electron chi connectivity index (χ2n) is 7.52. The van der Waals surface area contributed by atoms with Crippen molar-refractivity contribution in [2.75, 3.05) is 66.6 Å². The predicted octanol–water partition coefficient (Wildman–Crippen LogP) is 1.69. The molecule has 0 spiro atoms. The number of ether oxygens (including phenoxy) is 3. The van der Waals surface area contributed by atoms with Crippen LogP contribution in [0.15, 0.2) is 29.3 Å². The molecular formula is C21H34N4O3. The van der Waals surface area contributed by atoms with Gasteiger partial charge in [0.25, 0.3) is 0 Å². The second kappa shape index (κ2) is 10.5. The Morgan fingerprint density at radius 1 is 1.25 bits per heavy atom. The molecule has 7 nitrogen and oxygen atoms in total. The molecule has 0 bridgehead atoms. The zero-order valence-electron chi connectivity index (χ0n) is 17.4. The SMILES string of the molecule is CN=C(NCC(C)Oc1ccccc1OC)N1CCC(CN2CCOCC2)C1. The Bertz CT molecular complexity index is 634. The standard InChI is InChI=1S/C21H34N4O3/c1-17(28-20-7-5-4-6-19(20)26-3)14-23-21(22-2)25-9-8-18(16-25)15-24-10-12-27-13-11-24/h4-7,17-18H,8-16H2,1-3H3,(H,22,23). The Labute approximate surface area is 168 Å². The summed E-state index contributed by atoms with van der Waals surface area (Å²) >= 11 is 0. The van der Waals surface area contributed by atoms with E-state index in [1.807, 2.05) is 31.3 Å². The monoisotopic (exact) mass is 390 g/mol. The molecule has 7 heteroatoms. The van der Waals surface area contributed by atoms with Crippen LogP contribution in [-0.2, 0) is 4.74 Å². The van der Waals surface area contributed by atoms with Crippen molar-refractivity contribution in [3.63, 3.8) is 0 Å². The summed E-state index contributed by atoms with van der Waals surface area (Å²) in [6, 6.07) is 7.74. The van der Waals surface area contributed by atoms with E-state index >= 15 is 0 Å². The van der Waals surface area contributed by atoms with E-state index in [2.05, 4.69) is 27.0 Å². The number of morpholine rings is 1. The molecule has 1 aromatic carbocycles. The first-order valence-corrected chi connectivity index (χ1v) is 10.2. The molecule has 0 aliphatic carbocycles. The highest BCUT2D eigenvalue weighted by molar-refractivity contribution is 5.80. The minimum atomic E-state index is -0.000185. The van der Waals surface area contributed by atoms with Gasteiger partial charge in [-0.2, -0.15) is 0 Å². The third-order valence-corrected chi connectivity index (χ3v) is 5.36. The number of nitrogens with one attached hydrogen (secondary N) is 1. The van der Waals surface area contributed by atoms with E-state index in [9.17, 15) is 0 Å². The summed E-state index contributed by atoms with van der Waals surface area (Å²) in [4.78, 5) is 9.37. The number of guanidine groups is 1. The van der Waals surface area contributed by atoms with Gasteiger partial charge in [-0.3, -0.25) is 9.89 Å². The van der Waals surface area contributed by atoms with Crippen molar-refractivity contribution in [2.24, 2.45) is 10.9 Å². The lowest BCUT2D eigenvalue weighted by atomic mass is 10.1. The van der Waals surface area contributed by atoms with Gasteiger partial charge in [-0.1, -0.05) is 12.1 Å². The first-order chi connectivity index (χ1) is 13.7. The molecule has 0 amide bonds. The molecule has 2 atom stereocenters. The van der Waals surface area contributed by atoms with Crippen LogP contribution in [0.3, 0.4) is 0 Å². The van der Waals surface area contributed by atoms with Crippen LogP contribution in [0.2, 0.25) is 0 Å². The molecule has 2 unspecified atom stereocenters. The largest absolute Gasteiger partial charge is 0.493 e. The van der Waals surface area contributed by atoms with Crippen LogP contribution in [-0.4, -0.2) is 88.5 Å². The number of nitrogens with zero attached hydrogens (tertiary/aromatic N) is 3. The predicted molar refractivity (Wildman–Crippen MR) is 111 cm³/mol. The normalized spacial score (nSPS) is 22.2. The van der Waals surface area contributed by atoms with Gasteiger partial charge in [0.2, 0.25) is 0 Å². The molecule has 2 heterocycles. The number of benzene rings is 1. The Morgan fingerprint density at radius 3 is 2.71 bits per heavy atom. The Balaban J connectivity index is 1.44. The van der Waals surface area contributed by atoms with Gasteiger partial charge in [-0.15, -0.1) is 0 Å². The van der Waals surface area contributed by atoms with Crippen LogP contribution in [0.1, 0.15) is 13.3 Å². The lowest BCUT2D eigenvalue weighted by Gasteiger charge is -2.29. The fraction of sp³-hybridized carbons (Fsp3) is 0.667. The van der Waals surface area contributed by atoms with E-state index < -0.39 is 0 Å². The van der Waals surface area contributed by atoms with E-state index in [4.69, 9.17) is 14.2 Å². The summed E-state index contributed by atoms with van der Waals surface area (Å²) in [6.45, 7) is 9.85. The average molecular weight is 391 g/mol. The maximum Gasteiger partial charge on any atom is 0.193 e. The summed E-state index contributed by atoms with van der Waals surface area (Å²) in [6.07, 6.45) is 1.21. The quantitative estimate of drug-likeness (QED) is 0.565. The first-order valence-electron chi connectivity index (χ1n) is 10.2. The van der Waals surface area contributed by atoms with Crippen LogP contribution in [0, 0.1) is 5.92 Å². The number of hydrogen-bond donors (Lipinski definition) is 1. The minimum Gasteiger partial charge on any atom is -0.493 e. The molecule has 28 heavy (non-hydrogen) atoms. The van der Waals surface area contributed by atoms with Crippen molar-refractivity contribution in [2.45, 2.75) is 19.4 Å². The van der Waals surface area contributed by atoms with Crippen LogP contribution in [0.5, 0.6) is 11.5 Å². The van der Waals surface area contributed by atoms with Crippen LogP contribution >= 0.6 is 0 Å². The molecule has 0 aromatic heterocycles. The summed E-state index contributed by atoms with van der Waals surface area (Å²) in [5.74, 6) is 3.17. The molecule has 1 N–H and O–H groups in total. The van der Waals surface area contributed by atoms with Crippen LogP contribution in [0.25, 0.3) is 0 Å². The number of methoxy groups -OCH3 is 1.